The fourth-order valence-corrected chi connectivity index (χ4v) is 4.32. The molecule has 6 nitrogen and oxygen atoms in total. The molecule has 1 fully saturated rings. The number of ether oxygens (including phenoxy) is 1. The second kappa shape index (κ2) is 7.81. The van der Waals surface area contributed by atoms with E-state index < -0.39 is 21.7 Å². The number of benzene rings is 1. The monoisotopic (exact) mass is 403 g/mol. The Morgan fingerprint density at radius 1 is 1.12 bits per heavy atom. The van der Waals surface area contributed by atoms with Gasteiger partial charge in [-0.05, 0) is 43.9 Å². The molecule has 26 heavy (non-hydrogen) atoms. The van der Waals surface area contributed by atoms with Gasteiger partial charge < -0.3 is 4.74 Å². The van der Waals surface area contributed by atoms with Gasteiger partial charge in [-0.1, -0.05) is 11.6 Å². The Bertz CT molecular complexity index is 873. The SMILES string of the molecule is O=S(=O)(NC1CCC(Oc2ncc(F)cn2)CC1)c1ccc(F)c(Cl)c1. The quantitative estimate of drug-likeness (QED) is 0.829. The lowest BCUT2D eigenvalue weighted by Gasteiger charge is -2.28. The van der Waals surface area contributed by atoms with Crippen LogP contribution in [0.15, 0.2) is 35.5 Å². The van der Waals surface area contributed by atoms with Crippen molar-refractivity contribution in [3.8, 4) is 6.01 Å². The van der Waals surface area contributed by atoms with Crippen LogP contribution < -0.4 is 9.46 Å². The van der Waals surface area contributed by atoms with Crippen molar-refractivity contribution < 1.29 is 21.9 Å². The van der Waals surface area contributed by atoms with Gasteiger partial charge in [-0.3, -0.25) is 0 Å². The highest BCUT2D eigenvalue weighted by molar-refractivity contribution is 7.89. The van der Waals surface area contributed by atoms with Crippen molar-refractivity contribution >= 4 is 21.6 Å². The Kier molecular flexibility index (Phi) is 5.69. The standard InChI is InChI=1S/C16H16ClF2N3O3S/c17-14-7-13(5-6-15(14)19)26(23,24)22-11-1-3-12(4-2-11)25-16-20-8-10(18)9-21-16/h5-9,11-12,22H,1-4H2. The molecule has 0 amide bonds. The average Bonchev–Trinajstić information content (AvgIpc) is 2.61. The Balaban J connectivity index is 1.56. The zero-order chi connectivity index (χ0) is 18.7. The number of nitrogens with zero attached hydrogens (tertiary/aromatic N) is 2. The van der Waals surface area contributed by atoms with Gasteiger partial charge in [0.1, 0.15) is 11.9 Å². The summed E-state index contributed by atoms with van der Waals surface area (Å²) in [6, 6.07) is 3.10. The fraction of sp³-hybridized carbons (Fsp3) is 0.375. The van der Waals surface area contributed by atoms with Gasteiger partial charge in [0.25, 0.3) is 0 Å². The molecule has 0 spiro atoms. The molecule has 1 aromatic heterocycles. The maximum absolute atomic E-state index is 13.2. The summed E-state index contributed by atoms with van der Waals surface area (Å²) in [4.78, 5) is 7.40. The van der Waals surface area contributed by atoms with Crippen LogP contribution in [0.25, 0.3) is 0 Å². The molecule has 3 rings (SSSR count). The van der Waals surface area contributed by atoms with Gasteiger partial charge in [0.2, 0.25) is 10.0 Å². The highest BCUT2D eigenvalue weighted by atomic mass is 35.5. The van der Waals surface area contributed by atoms with E-state index in [1.807, 2.05) is 0 Å². The Morgan fingerprint density at radius 2 is 1.77 bits per heavy atom. The maximum Gasteiger partial charge on any atom is 0.316 e. The van der Waals surface area contributed by atoms with Gasteiger partial charge in [0, 0.05) is 6.04 Å². The van der Waals surface area contributed by atoms with E-state index in [-0.39, 0.29) is 28.1 Å². The molecular formula is C16H16ClF2N3O3S. The van der Waals surface area contributed by atoms with Crippen molar-refractivity contribution in [2.75, 3.05) is 0 Å². The summed E-state index contributed by atoms with van der Waals surface area (Å²) in [6.45, 7) is 0. The van der Waals surface area contributed by atoms with E-state index in [9.17, 15) is 17.2 Å². The Hall–Kier alpha value is -1.84. The predicted molar refractivity (Wildman–Crippen MR) is 90.4 cm³/mol. The van der Waals surface area contributed by atoms with E-state index >= 15 is 0 Å². The molecule has 1 aliphatic rings. The van der Waals surface area contributed by atoms with Crippen LogP contribution >= 0.6 is 11.6 Å². The van der Waals surface area contributed by atoms with Crippen molar-refractivity contribution in [3.05, 3.63) is 47.2 Å². The summed E-state index contributed by atoms with van der Waals surface area (Å²) in [5, 5.41) is -0.246. The number of rotatable bonds is 5. The van der Waals surface area contributed by atoms with Gasteiger partial charge in [-0.2, -0.15) is 0 Å². The second-order valence-electron chi connectivity index (χ2n) is 5.97. The third-order valence-corrected chi connectivity index (χ3v) is 5.87. The third-order valence-electron chi connectivity index (χ3n) is 4.07. The summed E-state index contributed by atoms with van der Waals surface area (Å²) in [5.41, 5.74) is 0. The summed E-state index contributed by atoms with van der Waals surface area (Å²) in [7, 11) is -3.79. The molecule has 1 heterocycles. The number of hydrogen-bond donors (Lipinski definition) is 1. The van der Waals surface area contributed by atoms with Crippen LogP contribution in [0.2, 0.25) is 5.02 Å². The molecule has 0 atom stereocenters. The van der Waals surface area contributed by atoms with E-state index in [1.165, 1.54) is 6.07 Å². The number of hydrogen-bond acceptors (Lipinski definition) is 5. The zero-order valence-corrected chi connectivity index (χ0v) is 15.1. The highest BCUT2D eigenvalue weighted by Crippen LogP contribution is 2.25. The third kappa shape index (κ3) is 4.66. The lowest BCUT2D eigenvalue weighted by Crippen LogP contribution is -2.39. The molecule has 1 saturated carbocycles. The van der Waals surface area contributed by atoms with Crippen LogP contribution in [0.3, 0.4) is 0 Å². The minimum absolute atomic E-state index is 0.0815. The fourth-order valence-electron chi connectivity index (χ4n) is 2.74. The van der Waals surface area contributed by atoms with Crippen LogP contribution in [-0.4, -0.2) is 30.5 Å². The average molecular weight is 404 g/mol. The highest BCUT2D eigenvalue weighted by Gasteiger charge is 2.27. The van der Waals surface area contributed by atoms with E-state index in [0.29, 0.717) is 25.7 Å². The minimum Gasteiger partial charge on any atom is -0.460 e. The molecule has 10 heteroatoms. The van der Waals surface area contributed by atoms with E-state index in [2.05, 4.69) is 14.7 Å². The largest absolute Gasteiger partial charge is 0.460 e. The normalized spacial score (nSPS) is 20.7. The topological polar surface area (TPSA) is 81.2 Å². The molecule has 0 aliphatic heterocycles. The molecular weight excluding hydrogens is 388 g/mol. The lowest BCUT2D eigenvalue weighted by molar-refractivity contribution is 0.132. The first kappa shape index (κ1) is 18.9. The van der Waals surface area contributed by atoms with Crippen molar-refractivity contribution in [1.29, 1.82) is 0 Å². The number of sulfonamides is 1. The second-order valence-corrected chi connectivity index (χ2v) is 8.09. The summed E-state index contributed by atoms with van der Waals surface area (Å²) < 4.78 is 58.9. The number of nitrogens with one attached hydrogen (secondary N) is 1. The predicted octanol–water partition coefficient (Wildman–Crippen LogP) is 3.08. The molecule has 0 bridgehead atoms. The van der Waals surface area contributed by atoms with Crippen LogP contribution in [0.4, 0.5) is 8.78 Å². The molecule has 140 valence electrons. The summed E-state index contributed by atoms with van der Waals surface area (Å²) in [6.07, 6.45) is 4.18. The summed E-state index contributed by atoms with van der Waals surface area (Å²) >= 11 is 5.65. The van der Waals surface area contributed by atoms with E-state index in [4.69, 9.17) is 16.3 Å². The number of halogens is 3. The number of aromatic nitrogens is 2. The van der Waals surface area contributed by atoms with Gasteiger partial charge in [0.15, 0.2) is 5.82 Å². The van der Waals surface area contributed by atoms with Crippen LogP contribution in [0, 0.1) is 11.6 Å². The molecule has 1 N–H and O–H groups in total. The van der Waals surface area contributed by atoms with Crippen molar-refractivity contribution in [1.82, 2.24) is 14.7 Å². The molecule has 2 aromatic rings. The van der Waals surface area contributed by atoms with Gasteiger partial charge in [0.05, 0.1) is 22.3 Å². The van der Waals surface area contributed by atoms with Crippen molar-refractivity contribution in [2.24, 2.45) is 0 Å². The van der Waals surface area contributed by atoms with Gasteiger partial charge in [-0.15, -0.1) is 0 Å². The lowest BCUT2D eigenvalue weighted by atomic mass is 9.94. The molecule has 0 unspecified atom stereocenters. The first-order valence-corrected chi connectivity index (χ1v) is 9.81. The first-order valence-electron chi connectivity index (χ1n) is 7.95. The Labute approximate surface area is 154 Å². The van der Waals surface area contributed by atoms with Gasteiger partial charge in [-0.25, -0.2) is 31.9 Å². The van der Waals surface area contributed by atoms with Gasteiger partial charge >= 0.3 is 6.01 Å². The van der Waals surface area contributed by atoms with Crippen LogP contribution in [-0.2, 0) is 10.0 Å². The van der Waals surface area contributed by atoms with Crippen LogP contribution in [0.5, 0.6) is 6.01 Å². The van der Waals surface area contributed by atoms with Crippen LogP contribution in [0.1, 0.15) is 25.7 Å². The van der Waals surface area contributed by atoms with Crippen molar-refractivity contribution in [2.45, 2.75) is 42.7 Å². The van der Waals surface area contributed by atoms with E-state index in [0.717, 1.165) is 24.5 Å². The van der Waals surface area contributed by atoms with E-state index in [1.54, 1.807) is 0 Å². The smallest absolute Gasteiger partial charge is 0.316 e. The zero-order valence-electron chi connectivity index (χ0n) is 13.5. The molecule has 0 radical (unpaired) electrons. The first-order chi connectivity index (χ1) is 12.3. The molecule has 1 aromatic carbocycles. The minimum atomic E-state index is -3.79. The maximum atomic E-state index is 13.2. The molecule has 0 saturated heterocycles. The molecule has 1 aliphatic carbocycles. The van der Waals surface area contributed by atoms with Crippen molar-refractivity contribution in [3.63, 3.8) is 0 Å². The summed E-state index contributed by atoms with van der Waals surface area (Å²) in [5.74, 6) is -1.22. The Morgan fingerprint density at radius 3 is 2.38 bits per heavy atom.